The van der Waals surface area contributed by atoms with Crippen molar-refractivity contribution in [3.05, 3.63) is 59.1 Å². The molecule has 0 saturated carbocycles. The zero-order valence-electron chi connectivity index (χ0n) is 16.5. The van der Waals surface area contributed by atoms with Gasteiger partial charge in [0.1, 0.15) is 5.84 Å². The Morgan fingerprint density at radius 1 is 1.16 bits per heavy atom. The number of carbonyl (C=O) groups excluding carboxylic acids is 2. The number of nitrogens with one attached hydrogen (secondary N) is 3. The van der Waals surface area contributed by atoms with Crippen molar-refractivity contribution in [3.63, 3.8) is 0 Å². The van der Waals surface area contributed by atoms with Crippen molar-refractivity contribution >= 4 is 45.1 Å². The molecular formula is C20H22ClN5O4S. The molecular weight excluding hydrogens is 442 g/mol. The molecule has 0 spiro atoms. The molecule has 11 heteroatoms. The van der Waals surface area contributed by atoms with E-state index in [-0.39, 0.29) is 11.3 Å². The third-order valence-corrected chi connectivity index (χ3v) is 6.26. The number of carbonyl (C=O) groups is 2. The van der Waals surface area contributed by atoms with Crippen molar-refractivity contribution in [3.8, 4) is 0 Å². The highest BCUT2D eigenvalue weighted by Crippen LogP contribution is 2.26. The smallest absolute Gasteiger partial charge is 0.312 e. The van der Waals surface area contributed by atoms with Crippen LogP contribution in [0.3, 0.4) is 0 Å². The van der Waals surface area contributed by atoms with Crippen LogP contribution in [-0.4, -0.2) is 32.7 Å². The monoisotopic (exact) mass is 463 g/mol. The van der Waals surface area contributed by atoms with Gasteiger partial charge in [0.05, 0.1) is 17.4 Å². The molecule has 1 atom stereocenters. The van der Waals surface area contributed by atoms with Gasteiger partial charge in [-0.15, -0.1) is 0 Å². The van der Waals surface area contributed by atoms with Gasteiger partial charge in [0.25, 0.3) is 10.0 Å². The Kier molecular flexibility index (Phi) is 7.13. The predicted octanol–water partition coefficient (Wildman–Crippen LogP) is 2.55. The third-order valence-electron chi connectivity index (χ3n) is 4.54. The van der Waals surface area contributed by atoms with Crippen LogP contribution in [0, 0.1) is 0 Å². The van der Waals surface area contributed by atoms with Gasteiger partial charge in [-0.2, -0.15) is 0 Å². The number of hydrogen-bond acceptors (Lipinski definition) is 5. The number of primary amides is 1. The van der Waals surface area contributed by atoms with Gasteiger partial charge in [0.2, 0.25) is 5.91 Å². The van der Waals surface area contributed by atoms with E-state index < -0.39 is 28.0 Å². The number of benzene rings is 2. The van der Waals surface area contributed by atoms with Gasteiger partial charge in [0, 0.05) is 23.7 Å². The lowest BCUT2D eigenvalue weighted by atomic mass is 10.0. The largest absolute Gasteiger partial charge is 0.352 e. The van der Waals surface area contributed by atoms with Crippen LogP contribution in [0.4, 0.5) is 10.5 Å². The SMILES string of the molecule is NC(=O)NC(CC(=O)Nc1cccc(S(=O)(=O)NC2=NCCC2)c1)c1ccccc1Cl. The zero-order chi connectivity index (χ0) is 22.4. The maximum absolute atomic E-state index is 12.6. The van der Waals surface area contributed by atoms with Gasteiger partial charge >= 0.3 is 6.03 Å². The van der Waals surface area contributed by atoms with Crippen LogP contribution < -0.4 is 21.1 Å². The van der Waals surface area contributed by atoms with Gasteiger partial charge in [-0.3, -0.25) is 14.5 Å². The number of sulfonamides is 1. The van der Waals surface area contributed by atoms with Crippen molar-refractivity contribution < 1.29 is 18.0 Å². The van der Waals surface area contributed by atoms with Crippen LogP contribution in [0.25, 0.3) is 0 Å². The Morgan fingerprint density at radius 3 is 2.61 bits per heavy atom. The first-order valence-corrected chi connectivity index (χ1v) is 11.4. The van der Waals surface area contributed by atoms with Crippen LogP contribution in [-0.2, 0) is 14.8 Å². The standard InChI is InChI=1S/C20H22ClN5O4S/c21-16-8-2-1-7-15(16)17(25-20(22)28)12-19(27)24-13-5-3-6-14(11-13)31(29,30)26-18-9-4-10-23-18/h1-3,5-8,11,17H,4,9-10,12H2,(H,23,26)(H,24,27)(H3,22,25,28). The van der Waals surface area contributed by atoms with Crippen molar-refractivity contribution in [2.45, 2.75) is 30.2 Å². The van der Waals surface area contributed by atoms with Crippen molar-refractivity contribution in [2.75, 3.05) is 11.9 Å². The van der Waals surface area contributed by atoms with E-state index in [4.69, 9.17) is 17.3 Å². The van der Waals surface area contributed by atoms with Gasteiger partial charge in [0.15, 0.2) is 0 Å². The minimum absolute atomic E-state index is 0.00202. The number of aliphatic imine (C=N–C) groups is 1. The van der Waals surface area contributed by atoms with E-state index >= 15 is 0 Å². The number of rotatable bonds is 7. The fourth-order valence-electron chi connectivity index (χ4n) is 3.14. The molecule has 0 aliphatic carbocycles. The van der Waals surface area contributed by atoms with E-state index in [9.17, 15) is 18.0 Å². The Bertz CT molecular complexity index is 1120. The summed E-state index contributed by atoms with van der Waals surface area (Å²) < 4.78 is 27.6. The maximum Gasteiger partial charge on any atom is 0.312 e. The summed E-state index contributed by atoms with van der Waals surface area (Å²) in [5.74, 6) is -0.0316. The molecule has 1 heterocycles. The molecule has 3 rings (SSSR count). The summed E-state index contributed by atoms with van der Waals surface area (Å²) in [6.07, 6.45) is 1.23. The van der Waals surface area contributed by atoms with Crippen molar-refractivity contribution in [2.24, 2.45) is 10.7 Å². The van der Waals surface area contributed by atoms with Crippen LogP contribution in [0.5, 0.6) is 0 Å². The molecule has 1 aliphatic heterocycles. The summed E-state index contributed by atoms with van der Waals surface area (Å²) in [6.45, 7) is 0.597. The molecule has 0 fully saturated rings. The first-order valence-electron chi connectivity index (χ1n) is 9.51. The average Bonchev–Trinajstić information content (AvgIpc) is 3.20. The lowest BCUT2D eigenvalue weighted by molar-refractivity contribution is -0.116. The summed E-state index contributed by atoms with van der Waals surface area (Å²) in [6, 6.07) is 11.1. The zero-order valence-corrected chi connectivity index (χ0v) is 18.0. The summed E-state index contributed by atoms with van der Waals surface area (Å²) >= 11 is 6.18. The van der Waals surface area contributed by atoms with Gasteiger partial charge in [-0.25, -0.2) is 13.2 Å². The van der Waals surface area contributed by atoms with E-state index in [1.165, 1.54) is 18.2 Å². The first kappa shape index (κ1) is 22.6. The van der Waals surface area contributed by atoms with E-state index in [2.05, 4.69) is 20.3 Å². The Morgan fingerprint density at radius 2 is 1.94 bits per heavy atom. The molecule has 0 aromatic heterocycles. The topological polar surface area (TPSA) is 143 Å². The lowest BCUT2D eigenvalue weighted by Gasteiger charge is -2.19. The molecule has 0 bridgehead atoms. The van der Waals surface area contributed by atoms with Gasteiger partial charge in [-0.1, -0.05) is 35.9 Å². The van der Waals surface area contributed by atoms with Crippen molar-refractivity contribution in [1.82, 2.24) is 10.0 Å². The number of nitrogens with two attached hydrogens (primary N) is 1. The number of halogens is 1. The van der Waals surface area contributed by atoms with E-state index in [0.29, 0.717) is 35.1 Å². The number of hydrogen-bond donors (Lipinski definition) is 4. The summed E-state index contributed by atoms with van der Waals surface area (Å²) in [4.78, 5) is 28.1. The highest BCUT2D eigenvalue weighted by molar-refractivity contribution is 7.90. The number of nitrogens with zero attached hydrogens (tertiary/aromatic N) is 1. The predicted molar refractivity (Wildman–Crippen MR) is 118 cm³/mol. The molecule has 9 nitrogen and oxygen atoms in total. The molecule has 0 saturated heterocycles. The lowest BCUT2D eigenvalue weighted by Crippen LogP contribution is -2.35. The van der Waals surface area contributed by atoms with E-state index in [1.54, 1.807) is 30.3 Å². The first-order chi connectivity index (χ1) is 14.7. The summed E-state index contributed by atoms with van der Waals surface area (Å²) in [5, 5.41) is 5.53. The normalized spacial score (nSPS) is 14.4. The Balaban J connectivity index is 1.72. The second-order valence-corrected chi connectivity index (χ2v) is 8.99. The molecule has 0 radical (unpaired) electrons. The molecule has 164 valence electrons. The summed E-state index contributed by atoms with van der Waals surface area (Å²) in [7, 11) is -3.81. The average molecular weight is 464 g/mol. The molecule has 3 amide bonds. The van der Waals surface area contributed by atoms with E-state index in [1.807, 2.05) is 0 Å². The quantitative estimate of drug-likeness (QED) is 0.500. The second kappa shape index (κ2) is 9.80. The number of anilines is 1. The van der Waals surface area contributed by atoms with Crippen LogP contribution >= 0.6 is 11.6 Å². The number of amides is 3. The molecule has 2 aromatic carbocycles. The Hall–Kier alpha value is -3.11. The van der Waals surface area contributed by atoms with Crippen LogP contribution in [0.15, 0.2) is 58.4 Å². The molecule has 2 aromatic rings. The van der Waals surface area contributed by atoms with Crippen LogP contribution in [0.2, 0.25) is 5.02 Å². The van der Waals surface area contributed by atoms with Crippen molar-refractivity contribution in [1.29, 1.82) is 0 Å². The minimum Gasteiger partial charge on any atom is -0.352 e. The Labute approximate surface area is 185 Å². The summed E-state index contributed by atoms with van der Waals surface area (Å²) in [5.41, 5.74) is 6.06. The second-order valence-electron chi connectivity index (χ2n) is 6.90. The highest BCUT2D eigenvalue weighted by atomic mass is 35.5. The third kappa shape index (κ3) is 6.19. The number of urea groups is 1. The number of amidine groups is 1. The van der Waals surface area contributed by atoms with Crippen LogP contribution in [0.1, 0.15) is 30.9 Å². The van der Waals surface area contributed by atoms with Gasteiger partial charge in [-0.05, 0) is 36.2 Å². The fourth-order valence-corrected chi connectivity index (χ4v) is 4.55. The highest BCUT2D eigenvalue weighted by Gasteiger charge is 2.21. The molecule has 1 unspecified atom stereocenters. The molecule has 5 N–H and O–H groups in total. The van der Waals surface area contributed by atoms with E-state index in [0.717, 1.165) is 6.42 Å². The maximum atomic E-state index is 12.6. The fraction of sp³-hybridized carbons (Fsp3) is 0.250. The van der Waals surface area contributed by atoms with Gasteiger partial charge < -0.3 is 16.4 Å². The molecule has 1 aliphatic rings. The molecule has 31 heavy (non-hydrogen) atoms. The minimum atomic E-state index is -3.81.